The third-order valence-electron chi connectivity index (χ3n) is 10.7. The van der Waals surface area contributed by atoms with Crippen molar-refractivity contribution < 1.29 is 9.15 Å². The highest BCUT2D eigenvalue weighted by Gasteiger charge is 2.37. The number of allylic oxidation sites excluding steroid dienone is 2. The van der Waals surface area contributed by atoms with Crippen LogP contribution in [-0.4, -0.2) is 21.1 Å². The number of ether oxygens (including phenoxy) is 1. The minimum Gasteiger partial charge on any atom is -0.485 e. The summed E-state index contributed by atoms with van der Waals surface area (Å²) in [5.41, 5.74) is 10.2. The second-order valence-electron chi connectivity index (χ2n) is 13.9. The molecule has 0 spiro atoms. The monoisotopic (exact) mass is 693 g/mol. The molecule has 254 valence electrons. The van der Waals surface area contributed by atoms with Gasteiger partial charge in [0.25, 0.3) is 0 Å². The molecule has 1 aliphatic heterocycles. The largest absolute Gasteiger partial charge is 0.485 e. The van der Waals surface area contributed by atoms with Gasteiger partial charge in [-0.05, 0) is 81.6 Å². The van der Waals surface area contributed by atoms with E-state index in [1.54, 1.807) is 0 Å². The Labute approximate surface area is 311 Å². The molecule has 54 heavy (non-hydrogen) atoms. The van der Waals surface area contributed by atoms with Gasteiger partial charge in [-0.15, -0.1) is 0 Å². The van der Waals surface area contributed by atoms with Crippen LogP contribution in [0.15, 0.2) is 180 Å². The summed E-state index contributed by atoms with van der Waals surface area (Å²) in [5, 5.41) is 4.45. The predicted molar refractivity (Wildman–Crippen MR) is 217 cm³/mol. The lowest BCUT2D eigenvalue weighted by Crippen LogP contribution is -2.19. The zero-order valence-electron chi connectivity index (χ0n) is 29.1. The van der Waals surface area contributed by atoms with Crippen LogP contribution in [0, 0.1) is 0 Å². The molecule has 5 heteroatoms. The van der Waals surface area contributed by atoms with Crippen molar-refractivity contribution in [2.75, 3.05) is 0 Å². The Morgan fingerprint density at radius 2 is 1.11 bits per heavy atom. The number of hydrogen-bond acceptors (Lipinski definition) is 5. The molecule has 3 heterocycles. The standard InChI is InChI=1S/C49H31N3O2/c1-2-10-30(11-3-1)33-23-25-43-41(28-33)46-38(17-9-19-44(46)53-43)34-14-8-15-35(27-34)47-50-48(36-21-20-31-12-4-5-13-32(31)26-36)52-49(51-47)37-22-24-40-39-16-6-7-18-42(39)54-45(40)29-37/h1-29,44,46H. The molecule has 9 aromatic rings. The van der Waals surface area contributed by atoms with Gasteiger partial charge in [0, 0.05) is 33.0 Å². The van der Waals surface area contributed by atoms with Crippen molar-refractivity contribution in [3.63, 3.8) is 0 Å². The molecule has 0 bridgehead atoms. The van der Waals surface area contributed by atoms with Gasteiger partial charge in [-0.25, -0.2) is 15.0 Å². The summed E-state index contributed by atoms with van der Waals surface area (Å²) in [6, 6.07) is 54.7. The van der Waals surface area contributed by atoms with Crippen molar-refractivity contribution in [1.82, 2.24) is 15.0 Å². The summed E-state index contributed by atoms with van der Waals surface area (Å²) >= 11 is 0. The lowest BCUT2D eigenvalue weighted by molar-refractivity contribution is 0.271. The second kappa shape index (κ2) is 12.2. The van der Waals surface area contributed by atoms with Crippen molar-refractivity contribution in [2.45, 2.75) is 12.0 Å². The summed E-state index contributed by atoms with van der Waals surface area (Å²) in [6.07, 6.45) is 6.41. The summed E-state index contributed by atoms with van der Waals surface area (Å²) in [6.45, 7) is 0. The fourth-order valence-electron chi connectivity index (χ4n) is 8.04. The molecule has 11 rings (SSSR count). The van der Waals surface area contributed by atoms with E-state index in [-0.39, 0.29) is 12.0 Å². The highest BCUT2D eigenvalue weighted by atomic mass is 16.5. The van der Waals surface area contributed by atoms with Gasteiger partial charge in [0.15, 0.2) is 17.5 Å². The zero-order chi connectivity index (χ0) is 35.6. The minimum atomic E-state index is -0.0777. The van der Waals surface area contributed by atoms with Gasteiger partial charge in [0.1, 0.15) is 23.0 Å². The van der Waals surface area contributed by atoms with Crippen LogP contribution in [0.2, 0.25) is 0 Å². The first-order chi connectivity index (χ1) is 26.7. The van der Waals surface area contributed by atoms with E-state index in [2.05, 4.69) is 152 Å². The molecular formula is C49H31N3O2. The van der Waals surface area contributed by atoms with Gasteiger partial charge in [-0.2, -0.15) is 0 Å². The Morgan fingerprint density at radius 1 is 0.444 bits per heavy atom. The van der Waals surface area contributed by atoms with Gasteiger partial charge in [-0.1, -0.05) is 127 Å². The van der Waals surface area contributed by atoms with Crippen LogP contribution in [0.4, 0.5) is 0 Å². The number of hydrogen-bond donors (Lipinski definition) is 0. The van der Waals surface area contributed by atoms with Crippen LogP contribution in [0.5, 0.6) is 5.75 Å². The van der Waals surface area contributed by atoms with Gasteiger partial charge in [-0.3, -0.25) is 0 Å². The average molecular weight is 694 g/mol. The maximum absolute atomic E-state index is 6.51. The summed E-state index contributed by atoms with van der Waals surface area (Å²) < 4.78 is 12.8. The Hall–Kier alpha value is -7.11. The molecule has 0 fully saturated rings. The van der Waals surface area contributed by atoms with Crippen molar-refractivity contribution >= 4 is 38.3 Å². The van der Waals surface area contributed by atoms with E-state index in [0.717, 1.165) is 55.3 Å². The first-order valence-electron chi connectivity index (χ1n) is 18.2. The van der Waals surface area contributed by atoms with E-state index < -0.39 is 0 Å². The maximum Gasteiger partial charge on any atom is 0.164 e. The molecule has 1 aliphatic carbocycles. The normalized spacial score (nSPS) is 16.0. The molecule has 0 N–H and O–H groups in total. The van der Waals surface area contributed by atoms with Crippen molar-refractivity contribution in [3.8, 4) is 51.0 Å². The Balaban J connectivity index is 1.03. The van der Waals surface area contributed by atoms with Crippen molar-refractivity contribution in [1.29, 1.82) is 0 Å². The lowest BCUT2D eigenvalue weighted by atomic mass is 9.80. The molecule has 2 atom stereocenters. The zero-order valence-corrected chi connectivity index (χ0v) is 29.1. The quantitative estimate of drug-likeness (QED) is 0.180. The molecular weight excluding hydrogens is 663 g/mol. The molecule has 0 radical (unpaired) electrons. The lowest BCUT2D eigenvalue weighted by Gasteiger charge is -2.23. The maximum atomic E-state index is 6.51. The summed E-state index contributed by atoms with van der Waals surface area (Å²) in [4.78, 5) is 15.3. The fraction of sp³-hybridized carbons (Fsp3) is 0.0408. The Morgan fingerprint density at radius 3 is 1.98 bits per heavy atom. The van der Waals surface area contributed by atoms with E-state index in [0.29, 0.717) is 17.5 Å². The third kappa shape index (κ3) is 5.13. The van der Waals surface area contributed by atoms with Gasteiger partial charge in [0.2, 0.25) is 0 Å². The van der Waals surface area contributed by atoms with Gasteiger partial charge in [0.05, 0.1) is 5.92 Å². The minimum absolute atomic E-state index is 0.0570. The predicted octanol–water partition coefficient (Wildman–Crippen LogP) is 12.1. The van der Waals surface area contributed by atoms with E-state index in [4.69, 9.17) is 24.1 Å². The summed E-state index contributed by atoms with van der Waals surface area (Å²) in [7, 11) is 0. The molecule has 2 unspecified atom stereocenters. The Kier molecular flexibility index (Phi) is 6.92. The fourth-order valence-corrected chi connectivity index (χ4v) is 8.04. The molecule has 2 aromatic heterocycles. The van der Waals surface area contributed by atoms with Crippen LogP contribution in [0.3, 0.4) is 0 Å². The number of nitrogens with zero attached hydrogens (tertiary/aromatic N) is 3. The smallest absolute Gasteiger partial charge is 0.164 e. The number of furan rings is 1. The Bertz CT molecular complexity index is 3000. The molecule has 5 nitrogen and oxygen atoms in total. The molecule has 7 aromatic carbocycles. The van der Waals surface area contributed by atoms with Crippen LogP contribution < -0.4 is 4.74 Å². The topological polar surface area (TPSA) is 61.0 Å². The first-order valence-corrected chi connectivity index (χ1v) is 18.2. The van der Waals surface area contributed by atoms with Crippen LogP contribution in [0.25, 0.3) is 83.6 Å². The highest BCUT2D eigenvalue weighted by Crippen LogP contribution is 2.49. The number of benzene rings is 7. The van der Waals surface area contributed by atoms with Crippen molar-refractivity contribution in [2.24, 2.45) is 0 Å². The van der Waals surface area contributed by atoms with E-state index in [1.165, 1.54) is 27.6 Å². The average Bonchev–Trinajstić information content (AvgIpc) is 3.81. The first kappa shape index (κ1) is 30.5. The number of fused-ring (bicyclic) bond motifs is 7. The number of para-hydroxylation sites is 1. The van der Waals surface area contributed by atoms with Gasteiger partial charge >= 0.3 is 0 Å². The summed E-state index contributed by atoms with van der Waals surface area (Å²) in [5.74, 6) is 2.79. The van der Waals surface area contributed by atoms with Crippen molar-refractivity contribution in [3.05, 3.63) is 187 Å². The third-order valence-corrected chi connectivity index (χ3v) is 10.7. The van der Waals surface area contributed by atoms with E-state index >= 15 is 0 Å². The molecule has 2 aliphatic rings. The van der Waals surface area contributed by atoms with Crippen LogP contribution in [0.1, 0.15) is 17.0 Å². The number of rotatable bonds is 5. The van der Waals surface area contributed by atoms with E-state index in [1.807, 2.05) is 24.3 Å². The second-order valence-corrected chi connectivity index (χ2v) is 13.9. The molecule has 0 saturated heterocycles. The SMILES string of the molecule is C1=CC2Oc3ccc(-c4ccccc4)cc3C2C(c2cccc(-c3nc(-c4ccc5ccccc5c4)nc(-c4ccc5c(c4)oc4ccccc45)n3)c2)=C1. The van der Waals surface area contributed by atoms with Crippen LogP contribution in [-0.2, 0) is 0 Å². The van der Waals surface area contributed by atoms with Gasteiger partial charge < -0.3 is 9.15 Å². The highest BCUT2D eigenvalue weighted by molar-refractivity contribution is 6.05. The van der Waals surface area contributed by atoms with Crippen LogP contribution >= 0.6 is 0 Å². The van der Waals surface area contributed by atoms with E-state index in [9.17, 15) is 0 Å². The molecule has 0 saturated carbocycles. The number of aromatic nitrogens is 3. The molecule has 0 amide bonds.